The number of hydrogen-bond acceptors (Lipinski definition) is 3. The molecule has 1 fully saturated rings. The van der Waals surface area contributed by atoms with Crippen LogP contribution in [-0.4, -0.2) is 23.4 Å². The first-order chi connectivity index (χ1) is 8.08. The zero-order valence-electron chi connectivity index (χ0n) is 10.8. The number of carbonyl (C=O) groups is 1. The fourth-order valence-corrected chi connectivity index (χ4v) is 2.00. The van der Waals surface area contributed by atoms with Gasteiger partial charge in [-0.15, -0.1) is 0 Å². The van der Waals surface area contributed by atoms with Crippen LogP contribution < -0.4 is 4.90 Å². The van der Waals surface area contributed by atoms with E-state index in [2.05, 4.69) is 23.7 Å². The Bertz CT molecular complexity index is 410. The van der Waals surface area contributed by atoms with E-state index in [0.29, 0.717) is 12.0 Å². The minimum absolute atomic E-state index is 0.106. The first kappa shape index (κ1) is 12.1. The minimum atomic E-state index is 0.106. The Morgan fingerprint density at radius 2 is 2.24 bits per heavy atom. The molecule has 1 aromatic rings. The second-order valence-corrected chi connectivity index (χ2v) is 5.24. The van der Waals surface area contributed by atoms with E-state index in [0.717, 1.165) is 17.9 Å². The summed E-state index contributed by atoms with van der Waals surface area (Å²) in [4.78, 5) is 18.1. The second kappa shape index (κ2) is 4.86. The van der Waals surface area contributed by atoms with E-state index >= 15 is 0 Å². The molecule has 1 saturated carbocycles. The third-order valence-corrected chi connectivity index (χ3v) is 3.00. The van der Waals surface area contributed by atoms with Crippen molar-refractivity contribution in [1.82, 2.24) is 4.98 Å². The minimum Gasteiger partial charge on any atom is -0.353 e. The third-order valence-electron chi connectivity index (χ3n) is 3.00. The third kappa shape index (κ3) is 3.05. The summed E-state index contributed by atoms with van der Waals surface area (Å²) in [7, 11) is 0. The number of aromatic nitrogens is 1. The smallest absolute Gasteiger partial charge is 0.159 e. The van der Waals surface area contributed by atoms with Gasteiger partial charge in [0.05, 0.1) is 0 Å². The molecule has 0 atom stereocenters. The van der Waals surface area contributed by atoms with Crippen molar-refractivity contribution < 1.29 is 4.79 Å². The topological polar surface area (TPSA) is 33.2 Å². The summed E-state index contributed by atoms with van der Waals surface area (Å²) >= 11 is 0. The largest absolute Gasteiger partial charge is 0.353 e. The van der Waals surface area contributed by atoms with E-state index in [9.17, 15) is 4.79 Å². The van der Waals surface area contributed by atoms with Gasteiger partial charge in [-0.05, 0) is 37.8 Å². The van der Waals surface area contributed by atoms with Crippen LogP contribution in [0.3, 0.4) is 0 Å². The van der Waals surface area contributed by atoms with Gasteiger partial charge in [-0.25, -0.2) is 4.98 Å². The van der Waals surface area contributed by atoms with E-state index < -0.39 is 0 Å². The molecule has 1 aromatic heterocycles. The van der Waals surface area contributed by atoms with Crippen molar-refractivity contribution in [2.75, 3.05) is 11.4 Å². The van der Waals surface area contributed by atoms with Crippen molar-refractivity contribution in [2.24, 2.45) is 5.92 Å². The van der Waals surface area contributed by atoms with Crippen LogP contribution in [0.5, 0.6) is 0 Å². The standard InChI is InChI=1S/C14H20N2O/c1-10(2)9-16(13-4-5-13)14-8-12(11(3)17)6-7-15-14/h6-8,10,13H,4-5,9H2,1-3H3. The fourth-order valence-electron chi connectivity index (χ4n) is 2.00. The van der Waals surface area contributed by atoms with E-state index in [1.807, 2.05) is 6.07 Å². The lowest BCUT2D eigenvalue weighted by Crippen LogP contribution is -2.30. The van der Waals surface area contributed by atoms with E-state index in [4.69, 9.17) is 0 Å². The Morgan fingerprint density at radius 1 is 1.53 bits per heavy atom. The summed E-state index contributed by atoms with van der Waals surface area (Å²) in [5.74, 6) is 1.67. The Morgan fingerprint density at radius 3 is 2.76 bits per heavy atom. The Labute approximate surface area is 103 Å². The maximum atomic E-state index is 11.4. The number of hydrogen-bond donors (Lipinski definition) is 0. The Hall–Kier alpha value is -1.38. The highest BCUT2D eigenvalue weighted by Gasteiger charge is 2.30. The van der Waals surface area contributed by atoms with Crippen molar-refractivity contribution in [1.29, 1.82) is 0 Å². The number of anilines is 1. The van der Waals surface area contributed by atoms with Crippen molar-refractivity contribution in [3.8, 4) is 0 Å². The average Bonchev–Trinajstić information content (AvgIpc) is 3.09. The first-order valence-corrected chi connectivity index (χ1v) is 6.31. The van der Waals surface area contributed by atoms with Gasteiger partial charge in [-0.2, -0.15) is 0 Å². The lowest BCUT2D eigenvalue weighted by Gasteiger charge is -2.25. The van der Waals surface area contributed by atoms with E-state index in [-0.39, 0.29) is 5.78 Å². The molecule has 0 amide bonds. The first-order valence-electron chi connectivity index (χ1n) is 6.31. The lowest BCUT2D eigenvalue weighted by molar-refractivity contribution is 0.101. The summed E-state index contributed by atoms with van der Waals surface area (Å²) in [5, 5.41) is 0. The number of carbonyl (C=O) groups excluding carboxylic acids is 1. The van der Waals surface area contributed by atoms with Crippen LogP contribution >= 0.6 is 0 Å². The van der Waals surface area contributed by atoms with Crippen molar-refractivity contribution in [2.45, 2.75) is 39.7 Å². The van der Waals surface area contributed by atoms with Crippen LogP contribution in [0, 0.1) is 5.92 Å². The van der Waals surface area contributed by atoms with Crippen LogP contribution in [0.25, 0.3) is 0 Å². The molecule has 1 heterocycles. The summed E-state index contributed by atoms with van der Waals surface area (Å²) in [5.41, 5.74) is 0.754. The quantitative estimate of drug-likeness (QED) is 0.732. The predicted molar refractivity (Wildman–Crippen MR) is 69.4 cm³/mol. The Kier molecular flexibility index (Phi) is 3.46. The maximum Gasteiger partial charge on any atom is 0.159 e. The molecule has 92 valence electrons. The molecule has 0 radical (unpaired) electrons. The van der Waals surface area contributed by atoms with Crippen LogP contribution in [0.15, 0.2) is 18.3 Å². The highest BCUT2D eigenvalue weighted by Crippen LogP contribution is 2.31. The van der Waals surface area contributed by atoms with Gasteiger partial charge in [0.1, 0.15) is 5.82 Å². The molecule has 1 aliphatic rings. The molecular formula is C14H20N2O. The predicted octanol–water partition coefficient (Wildman–Crippen LogP) is 2.91. The van der Waals surface area contributed by atoms with Gasteiger partial charge < -0.3 is 4.90 Å². The van der Waals surface area contributed by atoms with Gasteiger partial charge >= 0.3 is 0 Å². The average molecular weight is 232 g/mol. The molecule has 0 saturated heterocycles. The molecular weight excluding hydrogens is 212 g/mol. The molecule has 0 aliphatic heterocycles. The van der Waals surface area contributed by atoms with E-state index in [1.54, 1.807) is 19.2 Å². The summed E-state index contributed by atoms with van der Waals surface area (Å²) < 4.78 is 0. The zero-order valence-corrected chi connectivity index (χ0v) is 10.8. The van der Waals surface area contributed by atoms with Gasteiger partial charge in [0.2, 0.25) is 0 Å². The molecule has 1 aliphatic carbocycles. The maximum absolute atomic E-state index is 11.4. The molecule has 0 spiro atoms. The SMILES string of the molecule is CC(=O)c1ccnc(N(CC(C)C)C2CC2)c1. The monoisotopic (exact) mass is 232 g/mol. The van der Waals surface area contributed by atoms with Crippen LogP contribution in [0.4, 0.5) is 5.82 Å². The van der Waals surface area contributed by atoms with Crippen LogP contribution in [0.2, 0.25) is 0 Å². The van der Waals surface area contributed by atoms with Gasteiger partial charge in [-0.3, -0.25) is 4.79 Å². The molecule has 3 heteroatoms. The molecule has 2 rings (SSSR count). The second-order valence-electron chi connectivity index (χ2n) is 5.24. The lowest BCUT2D eigenvalue weighted by atomic mass is 10.1. The van der Waals surface area contributed by atoms with Crippen molar-refractivity contribution in [3.05, 3.63) is 23.9 Å². The molecule has 0 N–H and O–H groups in total. The van der Waals surface area contributed by atoms with Gasteiger partial charge in [0.25, 0.3) is 0 Å². The van der Waals surface area contributed by atoms with E-state index in [1.165, 1.54) is 12.8 Å². The van der Waals surface area contributed by atoms with Gasteiger partial charge in [-0.1, -0.05) is 13.8 Å². The number of ketones is 1. The molecule has 17 heavy (non-hydrogen) atoms. The fraction of sp³-hybridized carbons (Fsp3) is 0.571. The van der Waals surface area contributed by atoms with Gasteiger partial charge in [0, 0.05) is 24.3 Å². The van der Waals surface area contributed by atoms with Crippen molar-refractivity contribution in [3.63, 3.8) is 0 Å². The summed E-state index contributed by atoms with van der Waals surface area (Å²) in [6, 6.07) is 4.34. The molecule has 0 bridgehead atoms. The summed E-state index contributed by atoms with van der Waals surface area (Å²) in [6.45, 7) is 7.04. The van der Waals surface area contributed by atoms with Crippen LogP contribution in [-0.2, 0) is 0 Å². The number of Topliss-reactive ketones (excluding diaryl/α,β-unsaturated/α-hetero) is 1. The number of rotatable bonds is 5. The zero-order chi connectivity index (χ0) is 12.4. The molecule has 3 nitrogen and oxygen atoms in total. The van der Waals surface area contributed by atoms with Crippen LogP contribution in [0.1, 0.15) is 44.0 Å². The normalized spacial score (nSPS) is 15.1. The summed E-state index contributed by atoms with van der Waals surface area (Å²) in [6.07, 6.45) is 4.24. The highest BCUT2D eigenvalue weighted by molar-refractivity contribution is 5.94. The number of pyridine rings is 1. The highest BCUT2D eigenvalue weighted by atomic mass is 16.1. The molecule has 0 unspecified atom stereocenters. The number of nitrogens with zero attached hydrogens (tertiary/aromatic N) is 2. The molecule has 0 aromatic carbocycles. The Balaban J connectivity index is 2.22. The van der Waals surface area contributed by atoms with Gasteiger partial charge in [0.15, 0.2) is 5.78 Å². The van der Waals surface area contributed by atoms with Crippen molar-refractivity contribution >= 4 is 11.6 Å².